The molecule has 0 bridgehead atoms. The average Bonchev–Trinajstić information content (AvgIpc) is 2.92. The van der Waals surface area contributed by atoms with E-state index in [-0.39, 0.29) is 16.5 Å². The molecule has 0 fully saturated rings. The third-order valence-electron chi connectivity index (χ3n) is 3.58. The van der Waals surface area contributed by atoms with Crippen LogP contribution in [0.15, 0.2) is 42.5 Å². The van der Waals surface area contributed by atoms with E-state index in [1.807, 2.05) is 31.2 Å². The molecule has 0 atom stereocenters. The van der Waals surface area contributed by atoms with Gasteiger partial charge in [-0.1, -0.05) is 46.6 Å². The zero-order valence-electron chi connectivity index (χ0n) is 13.3. The first-order chi connectivity index (χ1) is 11.9. The number of hydrogen-bond donors (Lipinski definition) is 2. The highest BCUT2D eigenvalue weighted by Gasteiger charge is 2.18. The summed E-state index contributed by atoms with van der Waals surface area (Å²) in [6.07, 6.45) is 0. The second kappa shape index (κ2) is 6.90. The molecule has 0 aliphatic rings. The van der Waals surface area contributed by atoms with Gasteiger partial charge in [-0.25, -0.2) is 9.07 Å². The van der Waals surface area contributed by atoms with Gasteiger partial charge in [0.2, 0.25) is 0 Å². The largest absolute Gasteiger partial charge is 0.382 e. The van der Waals surface area contributed by atoms with E-state index in [1.165, 1.54) is 16.8 Å². The first-order valence-electron chi connectivity index (χ1n) is 7.45. The number of anilines is 2. The molecule has 1 heterocycles. The minimum atomic E-state index is -0.566. The quantitative estimate of drug-likeness (QED) is 0.748. The van der Waals surface area contributed by atoms with Crippen LogP contribution in [0.3, 0.4) is 0 Å². The van der Waals surface area contributed by atoms with Crippen LogP contribution in [0.1, 0.15) is 21.6 Å². The van der Waals surface area contributed by atoms with E-state index in [9.17, 15) is 9.18 Å². The molecule has 25 heavy (non-hydrogen) atoms. The van der Waals surface area contributed by atoms with E-state index in [4.69, 9.17) is 17.3 Å². The SMILES string of the molecule is Cc1cccc(Cn2nnc(C(=O)Nc3ccc(F)c(Cl)c3)c2N)c1. The second-order valence-corrected chi connectivity index (χ2v) is 5.96. The maximum absolute atomic E-state index is 13.2. The molecule has 3 aromatic rings. The van der Waals surface area contributed by atoms with Gasteiger partial charge in [-0.05, 0) is 30.7 Å². The standard InChI is InChI=1S/C17H15ClFN5O/c1-10-3-2-4-11(7-10)9-24-16(20)15(22-23-24)17(25)21-12-5-6-14(19)13(18)8-12/h2-8H,9,20H2,1H3,(H,21,25). The first-order valence-corrected chi connectivity index (χ1v) is 7.83. The lowest BCUT2D eigenvalue weighted by Crippen LogP contribution is -2.15. The number of carbonyl (C=O) groups excluding carboxylic acids is 1. The van der Waals surface area contributed by atoms with Gasteiger partial charge in [0.1, 0.15) is 5.82 Å². The highest BCUT2D eigenvalue weighted by Crippen LogP contribution is 2.20. The van der Waals surface area contributed by atoms with Crippen molar-refractivity contribution in [3.05, 3.63) is 70.1 Å². The highest BCUT2D eigenvalue weighted by atomic mass is 35.5. The number of carbonyl (C=O) groups is 1. The topological polar surface area (TPSA) is 85.8 Å². The fourth-order valence-corrected chi connectivity index (χ4v) is 2.53. The number of amides is 1. The van der Waals surface area contributed by atoms with E-state index < -0.39 is 11.7 Å². The van der Waals surface area contributed by atoms with Crippen molar-refractivity contribution < 1.29 is 9.18 Å². The van der Waals surface area contributed by atoms with Crippen molar-refractivity contribution in [2.45, 2.75) is 13.5 Å². The van der Waals surface area contributed by atoms with Gasteiger partial charge < -0.3 is 11.1 Å². The lowest BCUT2D eigenvalue weighted by atomic mass is 10.1. The molecule has 2 aromatic carbocycles. The van der Waals surface area contributed by atoms with Crippen molar-refractivity contribution in [3.8, 4) is 0 Å². The smallest absolute Gasteiger partial charge is 0.280 e. The van der Waals surface area contributed by atoms with Crippen LogP contribution < -0.4 is 11.1 Å². The van der Waals surface area contributed by atoms with E-state index in [1.54, 1.807) is 0 Å². The van der Waals surface area contributed by atoms with Crippen molar-refractivity contribution in [3.63, 3.8) is 0 Å². The molecule has 1 amide bonds. The zero-order valence-corrected chi connectivity index (χ0v) is 14.1. The van der Waals surface area contributed by atoms with Gasteiger partial charge in [-0.3, -0.25) is 4.79 Å². The van der Waals surface area contributed by atoms with Gasteiger partial charge in [-0.2, -0.15) is 0 Å². The number of nitrogens with one attached hydrogen (secondary N) is 1. The normalized spacial score (nSPS) is 10.7. The Morgan fingerprint density at radius 2 is 2.12 bits per heavy atom. The minimum absolute atomic E-state index is 0.00639. The van der Waals surface area contributed by atoms with Crippen LogP contribution in [0.4, 0.5) is 15.9 Å². The van der Waals surface area contributed by atoms with Gasteiger partial charge in [0, 0.05) is 5.69 Å². The molecule has 3 rings (SSSR count). The van der Waals surface area contributed by atoms with Crippen molar-refractivity contribution in [1.82, 2.24) is 15.0 Å². The van der Waals surface area contributed by atoms with Gasteiger partial charge in [0.25, 0.3) is 5.91 Å². The van der Waals surface area contributed by atoms with Crippen LogP contribution in [0, 0.1) is 12.7 Å². The third kappa shape index (κ3) is 3.77. The summed E-state index contributed by atoms with van der Waals surface area (Å²) in [5.74, 6) is -0.967. The molecule has 0 spiro atoms. The molecule has 0 saturated heterocycles. The van der Waals surface area contributed by atoms with Gasteiger partial charge in [0.05, 0.1) is 11.6 Å². The van der Waals surface area contributed by atoms with Crippen LogP contribution in [-0.4, -0.2) is 20.9 Å². The fourth-order valence-electron chi connectivity index (χ4n) is 2.35. The number of hydrogen-bond acceptors (Lipinski definition) is 4. The first kappa shape index (κ1) is 16.9. The Balaban J connectivity index is 1.77. The van der Waals surface area contributed by atoms with Gasteiger partial charge >= 0.3 is 0 Å². The van der Waals surface area contributed by atoms with Crippen LogP contribution in [0.5, 0.6) is 0 Å². The molecule has 0 radical (unpaired) electrons. The number of aromatic nitrogens is 3. The van der Waals surface area contributed by atoms with Crippen molar-refractivity contribution in [2.75, 3.05) is 11.1 Å². The molecular formula is C17H15ClFN5O. The van der Waals surface area contributed by atoms with Crippen LogP contribution in [-0.2, 0) is 6.54 Å². The molecule has 8 heteroatoms. The Bertz CT molecular complexity index is 941. The fraction of sp³-hybridized carbons (Fsp3) is 0.118. The van der Waals surface area contributed by atoms with E-state index in [0.717, 1.165) is 17.2 Å². The molecule has 0 saturated carbocycles. The van der Waals surface area contributed by atoms with Crippen LogP contribution in [0.25, 0.3) is 0 Å². The number of nitrogens with zero attached hydrogens (tertiary/aromatic N) is 3. The summed E-state index contributed by atoms with van der Waals surface area (Å²) < 4.78 is 14.6. The summed E-state index contributed by atoms with van der Waals surface area (Å²) in [6, 6.07) is 11.7. The monoisotopic (exact) mass is 359 g/mol. The van der Waals surface area contributed by atoms with Crippen molar-refractivity contribution in [2.24, 2.45) is 0 Å². The molecule has 1 aromatic heterocycles. The summed E-state index contributed by atoms with van der Waals surface area (Å²) in [7, 11) is 0. The minimum Gasteiger partial charge on any atom is -0.382 e. The van der Waals surface area contributed by atoms with Gasteiger partial charge in [0.15, 0.2) is 11.5 Å². The number of halogens is 2. The average molecular weight is 360 g/mol. The Labute approximate surface area is 148 Å². The summed E-state index contributed by atoms with van der Waals surface area (Å²) in [5.41, 5.74) is 8.43. The van der Waals surface area contributed by atoms with E-state index in [0.29, 0.717) is 12.2 Å². The lowest BCUT2D eigenvalue weighted by Gasteiger charge is -2.06. The van der Waals surface area contributed by atoms with Crippen LogP contribution >= 0.6 is 11.6 Å². The highest BCUT2D eigenvalue weighted by molar-refractivity contribution is 6.31. The molecule has 0 aliphatic carbocycles. The number of rotatable bonds is 4. The van der Waals surface area contributed by atoms with E-state index in [2.05, 4.69) is 15.6 Å². The number of benzene rings is 2. The molecular weight excluding hydrogens is 345 g/mol. The zero-order chi connectivity index (χ0) is 18.0. The Morgan fingerprint density at radius 1 is 1.32 bits per heavy atom. The number of nitrogen functional groups attached to an aromatic ring is 1. The predicted molar refractivity (Wildman–Crippen MR) is 94.1 cm³/mol. The molecule has 0 unspecified atom stereocenters. The lowest BCUT2D eigenvalue weighted by molar-refractivity contribution is 0.102. The summed E-state index contributed by atoms with van der Waals surface area (Å²) >= 11 is 5.70. The summed E-state index contributed by atoms with van der Waals surface area (Å²) in [4.78, 5) is 12.3. The number of nitrogens with two attached hydrogens (primary N) is 1. The maximum Gasteiger partial charge on any atom is 0.280 e. The summed E-state index contributed by atoms with van der Waals surface area (Å²) in [6.45, 7) is 2.39. The third-order valence-corrected chi connectivity index (χ3v) is 3.87. The van der Waals surface area contributed by atoms with Crippen LogP contribution in [0.2, 0.25) is 5.02 Å². The Hall–Kier alpha value is -2.93. The molecule has 6 nitrogen and oxygen atoms in total. The van der Waals surface area contributed by atoms with Crippen molar-refractivity contribution in [1.29, 1.82) is 0 Å². The molecule has 128 valence electrons. The number of aryl methyl sites for hydroxylation is 1. The molecule has 3 N–H and O–H groups in total. The summed E-state index contributed by atoms with van der Waals surface area (Å²) in [5, 5.41) is 10.2. The second-order valence-electron chi connectivity index (χ2n) is 5.55. The Kier molecular flexibility index (Phi) is 4.67. The van der Waals surface area contributed by atoms with Crippen molar-refractivity contribution >= 4 is 29.0 Å². The van der Waals surface area contributed by atoms with E-state index >= 15 is 0 Å². The molecule has 0 aliphatic heterocycles. The predicted octanol–water partition coefficient (Wildman–Crippen LogP) is 3.26. The maximum atomic E-state index is 13.2. The Morgan fingerprint density at radius 3 is 2.84 bits per heavy atom. The van der Waals surface area contributed by atoms with Gasteiger partial charge in [-0.15, -0.1) is 5.10 Å².